The van der Waals surface area contributed by atoms with Crippen molar-refractivity contribution in [2.24, 2.45) is 5.73 Å². The van der Waals surface area contributed by atoms with Gasteiger partial charge in [-0.1, -0.05) is 41.7 Å². The maximum Gasteiger partial charge on any atom is 0.273 e. The fraction of sp³-hybridized carbons (Fsp3) is 0.182. The second kappa shape index (κ2) is 4.42. The summed E-state index contributed by atoms with van der Waals surface area (Å²) in [5.74, 6) is 0. The van der Waals surface area contributed by atoms with E-state index in [9.17, 15) is 0 Å². The first-order valence-electron chi connectivity index (χ1n) is 4.64. The lowest BCUT2D eigenvalue weighted by atomic mass is 10.1. The molecule has 0 unspecified atom stereocenters. The minimum Gasteiger partial charge on any atom is -0.473 e. The van der Waals surface area contributed by atoms with Crippen LogP contribution in [0.3, 0.4) is 0 Å². The molecule has 4 heteroatoms. The van der Waals surface area contributed by atoms with Gasteiger partial charge in [0.05, 0.1) is 12.8 Å². The van der Waals surface area contributed by atoms with Gasteiger partial charge in [-0.05, 0) is 0 Å². The van der Waals surface area contributed by atoms with E-state index in [4.69, 9.17) is 10.5 Å². The Morgan fingerprint density at radius 2 is 2.07 bits per heavy atom. The summed E-state index contributed by atoms with van der Waals surface area (Å²) in [5, 5.41) is 0.661. The minimum absolute atomic E-state index is 0.491. The van der Waals surface area contributed by atoms with Gasteiger partial charge in [0.1, 0.15) is 0 Å². The molecule has 0 radical (unpaired) electrons. The number of aromatic nitrogens is 1. The summed E-state index contributed by atoms with van der Waals surface area (Å²) in [6.07, 6.45) is 0. The van der Waals surface area contributed by atoms with Crippen molar-refractivity contribution in [1.82, 2.24) is 4.98 Å². The zero-order valence-corrected chi connectivity index (χ0v) is 9.25. The fourth-order valence-electron chi connectivity index (χ4n) is 1.38. The molecule has 1 aromatic heterocycles. The van der Waals surface area contributed by atoms with Gasteiger partial charge in [-0.2, -0.15) is 0 Å². The van der Waals surface area contributed by atoms with Crippen LogP contribution in [0.15, 0.2) is 30.3 Å². The molecular weight excluding hydrogens is 208 g/mol. The summed E-state index contributed by atoms with van der Waals surface area (Å²) >= 11 is 1.50. The van der Waals surface area contributed by atoms with Crippen LogP contribution in [0.1, 0.15) is 4.88 Å². The van der Waals surface area contributed by atoms with Gasteiger partial charge in [0.15, 0.2) is 0 Å². The Morgan fingerprint density at radius 1 is 1.33 bits per heavy atom. The fourth-order valence-corrected chi connectivity index (χ4v) is 2.15. The van der Waals surface area contributed by atoms with Crippen LogP contribution >= 0.6 is 11.3 Å². The molecule has 0 fully saturated rings. The molecule has 15 heavy (non-hydrogen) atoms. The van der Waals surface area contributed by atoms with Gasteiger partial charge in [-0.15, -0.1) is 0 Å². The third-order valence-corrected chi connectivity index (χ3v) is 3.12. The number of hydrogen-bond acceptors (Lipinski definition) is 4. The monoisotopic (exact) mass is 220 g/mol. The average Bonchev–Trinajstić information content (AvgIpc) is 2.73. The van der Waals surface area contributed by atoms with Crippen LogP contribution in [0.5, 0.6) is 5.19 Å². The van der Waals surface area contributed by atoms with Gasteiger partial charge < -0.3 is 10.5 Å². The molecule has 78 valence electrons. The quantitative estimate of drug-likeness (QED) is 0.863. The van der Waals surface area contributed by atoms with Crippen LogP contribution in [0, 0.1) is 0 Å². The Balaban J connectivity index is 2.47. The first-order valence-corrected chi connectivity index (χ1v) is 5.46. The molecule has 0 saturated heterocycles. The summed E-state index contributed by atoms with van der Waals surface area (Å²) in [5.41, 5.74) is 7.68. The SMILES string of the molecule is COc1nc(-c2ccccc2)c(CN)s1. The highest BCUT2D eigenvalue weighted by Gasteiger charge is 2.11. The molecule has 0 aliphatic carbocycles. The molecule has 1 aromatic carbocycles. The van der Waals surface area contributed by atoms with Crippen LogP contribution in [0.25, 0.3) is 11.3 Å². The highest BCUT2D eigenvalue weighted by Crippen LogP contribution is 2.31. The lowest BCUT2D eigenvalue weighted by Gasteiger charge is -1.98. The molecular formula is C11H12N2OS. The van der Waals surface area contributed by atoms with Gasteiger partial charge in [0.2, 0.25) is 0 Å². The Hall–Kier alpha value is -1.39. The van der Waals surface area contributed by atoms with E-state index in [0.717, 1.165) is 16.1 Å². The van der Waals surface area contributed by atoms with Crippen molar-refractivity contribution in [3.63, 3.8) is 0 Å². The number of thiazole rings is 1. The van der Waals surface area contributed by atoms with E-state index in [1.807, 2.05) is 30.3 Å². The number of rotatable bonds is 3. The average molecular weight is 220 g/mol. The Bertz CT molecular complexity index is 439. The number of methoxy groups -OCH3 is 1. The first-order chi connectivity index (χ1) is 7.35. The van der Waals surface area contributed by atoms with E-state index < -0.39 is 0 Å². The molecule has 0 atom stereocenters. The first kappa shape index (κ1) is 10.1. The third-order valence-electron chi connectivity index (χ3n) is 2.08. The number of nitrogens with zero attached hydrogens (tertiary/aromatic N) is 1. The molecule has 2 aromatic rings. The van der Waals surface area contributed by atoms with E-state index >= 15 is 0 Å². The van der Waals surface area contributed by atoms with Gasteiger partial charge >= 0.3 is 0 Å². The number of nitrogens with two attached hydrogens (primary N) is 1. The minimum atomic E-state index is 0.491. The predicted octanol–water partition coefficient (Wildman–Crippen LogP) is 2.28. The largest absolute Gasteiger partial charge is 0.473 e. The molecule has 2 N–H and O–H groups in total. The Morgan fingerprint density at radius 3 is 2.67 bits per heavy atom. The number of hydrogen-bond donors (Lipinski definition) is 1. The molecule has 0 bridgehead atoms. The Labute approximate surface area is 92.5 Å². The van der Waals surface area contributed by atoms with Gasteiger partial charge in [-0.3, -0.25) is 0 Å². The van der Waals surface area contributed by atoms with Crippen molar-refractivity contribution in [3.05, 3.63) is 35.2 Å². The van der Waals surface area contributed by atoms with Crippen LogP contribution in [-0.2, 0) is 6.54 Å². The molecule has 1 heterocycles. The van der Waals surface area contributed by atoms with Crippen molar-refractivity contribution in [2.45, 2.75) is 6.54 Å². The van der Waals surface area contributed by atoms with E-state index in [-0.39, 0.29) is 0 Å². The van der Waals surface area contributed by atoms with Gasteiger partial charge in [0.25, 0.3) is 5.19 Å². The summed E-state index contributed by atoms with van der Waals surface area (Å²) in [7, 11) is 1.62. The molecule has 0 aliphatic rings. The maximum atomic E-state index is 5.67. The molecule has 3 nitrogen and oxygen atoms in total. The maximum absolute atomic E-state index is 5.67. The zero-order valence-electron chi connectivity index (χ0n) is 8.43. The zero-order chi connectivity index (χ0) is 10.7. The summed E-state index contributed by atoms with van der Waals surface area (Å²) in [6.45, 7) is 0.491. The molecule has 0 aliphatic heterocycles. The normalized spacial score (nSPS) is 10.3. The van der Waals surface area contributed by atoms with Gasteiger partial charge in [0, 0.05) is 17.0 Å². The lowest BCUT2D eigenvalue weighted by molar-refractivity contribution is 0.412. The van der Waals surface area contributed by atoms with E-state index in [2.05, 4.69) is 4.98 Å². The molecule has 0 amide bonds. The van der Waals surface area contributed by atoms with Crippen molar-refractivity contribution in [1.29, 1.82) is 0 Å². The van der Waals surface area contributed by atoms with Crippen LogP contribution in [0.4, 0.5) is 0 Å². The number of benzene rings is 1. The van der Waals surface area contributed by atoms with Crippen molar-refractivity contribution >= 4 is 11.3 Å². The van der Waals surface area contributed by atoms with Crippen molar-refractivity contribution in [3.8, 4) is 16.5 Å². The third kappa shape index (κ3) is 2.00. The highest BCUT2D eigenvalue weighted by molar-refractivity contribution is 7.13. The van der Waals surface area contributed by atoms with E-state index in [1.54, 1.807) is 7.11 Å². The number of ether oxygens (including phenoxy) is 1. The highest BCUT2D eigenvalue weighted by atomic mass is 32.1. The summed E-state index contributed by atoms with van der Waals surface area (Å²) in [4.78, 5) is 5.44. The topological polar surface area (TPSA) is 48.1 Å². The smallest absolute Gasteiger partial charge is 0.273 e. The van der Waals surface area contributed by atoms with Crippen molar-refractivity contribution < 1.29 is 4.74 Å². The van der Waals surface area contributed by atoms with Crippen LogP contribution < -0.4 is 10.5 Å². The van der Waals surface area contributed by atoms with E-state index in [1.165, 1.54) is 11.3 Å². The Kier molecular flexibility index (Phi) is 2.99. The lowest BCUT2D eigenvalue weighted by Crippen LogP contribution is -1.95. The standard InChI is InChI=1S/C11H12N2OS/c1-14-11-13-10(9(7-12)15-11)8-5-3-2-4-6-8/h2-6H,7,12H2,1H3. The van der Waals surface area contributed by atoms with Crippen LogP contribution in [-0.4, -0.2) is 12.1 Å². The molecule has 0 spiro atoms. The second-order valence-electron chi connectivity index (χ2n) is 3.03. The summed E-state index contributed by atoms with van der Waals surface area (Å²) in [6, 6.07) is 10.00. The molecule has 2 rings (SSSR count). The van der Waals surface area contributed by atoms with Crippen LogP contribution in [0.2, 0.25) is 0 Å². The molecule has 0 saturated carbocycles. The predicted molar refractivity (Wildman–Crippen MR) is 62.0 cm³/mol. The van der Waals surface area contributed by atoms with Gasteiger partial charge in [-0.25, -0.2) is 4.98 Å². The van der Waals surface area contributed by atoms with E-state index in [0.29, 0.717) is 11.7 Å². The second-order valence-corrected chi connectivity index (χ2v) is 4.07. The van der Waals surface area contributed by atoms with Crippen molar-refractivity contribution in [2.75, 3.05) is 7.11 Å². The summed E-state index contributed by atoms with van der Waals surface area (Å²) < 4.78 is 5.11.